The van der Waals surface area contributed by atoms with Gasteiger partial charge in [0.15, 0.2) is 6.61 Å². The van der Waals surface area contributed by atoms with Crippen molar-refractivity contribution in [2.45, 2.75) is 6.61 Å². The number of hydrogen-bond donors (Lipinski definition) is 2. The van der Waals surface area contributed by atoms with Gasteiger partial charge in [-0.25, -0.2) is 9.37 Å². The molecule has 0 fully saturated rings. The Labute approximate surface area is 194 Å². The standard InChI is InChI=1S/C25H21FN4O4/c26-19-6-8-20(9-7-19)30-17-27-14-23(30)25(32)29-28-24(31)16-34-22-12-10-21(11-13-22)33-15-18-4-2-1-3-5-18/h1-14,17H,15-16H2,(H,28,31)(H,29,32). The van der Waals surface area contributed by atoms with Gasteiger partial charge in [0.25, 0.3) is 11.8 Å². The zero-order valence-corrected chi connectivity index (χ0v) is 18.0. The fourth-order valence-corrected chi connectivity index (χ4v) is 3.02. The molecule has 0 atom stereocenters. The van der Waals surface area contributed by atoms with Crippen LogP contribution in [-0.2, 0) is 11.4 Å². The number of amides is 2. The van der Waals surface area contributed by atoms with Crippen molar-refractivity contribution < 1.29 is 23.5 Å². The van der Waals surface area contributed by atoms with Gasteiger partial charge >= 0.3 is 0 Å². The molecule has 3 aromatic carbocycles. The van der Waals surface area contributed by atoms with Gasteiger partial charge in [-0.2, -0.15) is 0 Å². The van der Waals surface area contributed by atoms with Crippen LogP contribution in [0.2, 0.25) is 0 Å². The van der Waals surface area contributed by atoms with Gasteiger partial charge in [0.05, 0.1) is 12.5 Å². The Morgan fingerprint density at radius 2 is 1.53 bits per heavy atom. The number of halogens is 1. The van der Waals surface area contributed by atoms with E-state index in [0.29, 0.717) is 23.8 Å². The van der Waals surface area contributed by atoms with Crippen LogP contribution in [0.25, 0.3) is 5.69 Å². The number of aromatic nitrogens is 2. The molecule has 0 saturated carbocycles. The Bertz CT molecular complexity index is 1240. The Balaban J connectivity index is 1.23. The number of imidazole rings is 1. The molecule has 1 heterocycles. The van der Waals surface area contributed by atoms with Crippen molar-refractivity contribution in [2.24, 2.45) is 0 Å². The predicted octanol–water partition coefficient (Wildman–Crippen LogP) is 3.43. The second-order valence-electron chi connectivity index (χ2n) is 7.16. The lowest BCUT2D eigenvalue weighted by molar-refractivity contribution is -0.123. The normalized spacial score (nSPS) is 10.4. The van der Waals surface area contributed by atoms with Crippen molar-refractivity contribution in [3.63, 3.8) is 0 Å². The summed E-state index contributed by atoms with van der Waals surface area (Å²) in [6.07, 6.45) is 2.75. The SMILES string of the molecule is O=C(COc1ccc(OCc2ccccc2)cc1)NNC(=O)c1cncn1-c1ccc(F)cc1. The lowest BCUT2D eigenvalue weighted by Gasteiger charge is -2.11. The molecule has 0 bridgehead atoms. The van der Waals surface area contributed by atoms with E-state index in [4.69, 9.17) is 9.47 Å². The molecule has 0 aliphatic rings. The van der Waals surface area contributed by atoms with E-state index in [1.54, 1.807) is 24.3 Å². The molecule has 0 aliphatic carbocycles. The number of benzene rings is 3. The van der Waals surface area contributed by atoms with Crippen molar-refractivity contribution in [1.29, 1.82) is 0 Å². The zero-order chi connectivity index (χ0) is 23.8. The van der Waals surface area contributed by atoms with Crippen molar-refractivity contribution >= 4 is 11.8 Å². The van der Waals surface area contributed by atoms with Crippen LogP contribution in [0.4, 0.5) is 4.39 Å². The molecule has 8 nitrogen and oxygen atoms in total. The smallest absolute Gasteiger partial charge is 0.288 e. The summed E-state index contributed by atoms with van der Waals surface area (Å²) in [5.74, 6) is -0.384. The quantitative estimate of drug-likeness (QED) is 0.393. The topological polar surface area (TPSA) is 94.5 Å². The Morgan fingerprint density at radius 1 is 0.853 bits per heavy atom. The highest BCUT2D eigenvalue weighted by Gasteiger charge is 2.14. The van der Waals surface area contributed by atoms with Gasteiger partial charge in [0.1, 0.15) is 29.6 Å². The maximum Gasteiger partial charge on any atom is 0.288 e. The molecule has 0 radical (unpaired) electrons. The summed E-state index contributed by atoms with van der Waals surface area (Å²) in [7, 11) is 0. The minimum atomic E-state index is -0.588. The average Bonchev–Trinajstić information content (AvgIpc) is 3.36. The number of carbonyl (C=O) groups excluding carboxylic acids is 2. The van der Waals surface area contributed by atoms with E-state index in [0.717, 1.165) is 5.56 Å². The van der Waals surface area contributed by atoms with Gasteiger partial charge in [-0.15, -0.1) is 0 Å². The van der Waals surface area contributed by atoms with Gasteiger partial charge in [-0.3, -0.25) is 25.0 Å². The highest BCUT2D eigenvalue weighted by molar-refractivity contribution is 5.94. The summed E-state index contributed by atoms with van der Waals surface area (Å²) >= 11 is 0. The van der Waals surface area contributed by atoms with Crippen LogP contribution in [0.3, 0.4) is 0 Å². The third kappa shape index (κ3) is 5.98. The Kier molecular flexibility index (Phi) is 7.14. The maximum absolute atomic E-state index is 13.1. The molecule has 34 heavy (non-hydrogen) atoms. The molecule has 172 valence electrons. The molecule has 9 heteroatoms. The Morgan fingerprint density at radius 3 is 2.24 bits per heavy atom. The molecule has 0 unspecified atom stereocenters. The fraction of sp³-hybridized carbons (Fsp3) is 0.0800. The molecule has 2 amide bonds. The third-order valence-electron chi connectivity index (χ3n) is 4.73. The summed E-state index contributed by atoms with van der Waals surface area (Å²) in [6, 6.07) is 22.2. The molecular weight excluding hydrogens is 439 g/mol. The second kappa shape index (κ2) is 10.8. The van der Waals surface area contributed by atoms with Gasteiger partial charge in [-0.05, 0) is 54.1 Å². The van der Waals surface area contributed by atoms with E-state index in [9.17, 15) is 14.0 Å². The number of nitrogens with one attached hydrogen (secondary N) is 2. The van der Waals surface area contributed by atoms with Crippen LogP contribution >= 0.6 is 0 Å². The monoisotopic (exact) mass is 460 g/mol. The molecule has 0 saturated heterocycles. The highest BCUT2D eigenvalue weighted by Crippen LogP contribution is 2.18. The highest BCUT2D eigenvalue weighted by atomic mass is 19.1. The molecule has 4 rings (SSSR count). The van der Waals surface area contributed by atoms with Gasteiger partial charge in [0, 0.05) is 5.69 Å². The summed E-state index contributed by atoms with van der Waals surface area (Å²) in [5.41, 5.74) is 6.37. The van der Waals surface area contributed by atoms with Crippen LogP contribution < -0.4 is 20.3 Å². The van der Waals surface area contributed by atoms with E-state index in [-0.39, 0.29) is 12.3 Å². The number of hydrogen-bond acceptors (Lipinski definition) is 5. The molecule has 2 N–H and O–H groups in total. The number of carbonyl (C=O) groups is 2. The molecular formula is C25H21FN4O4. The molecule has 4 aromatic rings. The summed E-state index contributed by atoms with van der Waals surface area (Å²) < 4.78 is 25.8. The number of hydrazine groups is 1. The van der Waals surface area contributed by atoms with Crippen molar-refractivity contribution in [3.8, 4) is 17.2 Å². The second-order valence-corrected chi connectivity index (χ2v) is 7.16. The summed E-state index contributed by atoms with van der Waals surface area (Å²) in [5, 5.41) is 0. The lowest BCUT2D eigenvalue weighted by atomic mass is 10.2. The lowest BCUT2D eigenvalue weighted by Crippen LogP contribution is -2.44. The fourth-order valence-electron chi connectivity index (χ4n) is 3.02. The van der Waals surface area contributed by atoms with E-state index in [1.807, 2.05) is 30.3 Å². The first-order valence-corrected chi connectivity index (χ1v) is 10.4. The zero-order valence-electron chi connectivity index (χ0n) is 18.0. The minimum absolute atomic E-state index is 0.166. The average molecular weight is 460 g/mol. The van der Waals surface area contributed by atoms with Gasteiger partial charge in [-0.1, -0.05) is 30.3 Å². The summed E-state index contributed by atoms with van der Waals surface area (Å²) in [4.78, 5) is 28.4. The van der Waals surface area contributed by atoms with E-state index >= 15 is 0 Å². The van der Waals surface area contributed by atoms with Gasteiger partial charge in [0.2, 0.25) is 0 Å². The summed E-state index contributed by atoms with van der Waals surface area (Å²) in [6.45, 7) is 0.144. The Hall–Kier alpha value is -4.66. The van der Waals surface area contributed by atoms with Crippen LogP contribution in [0.5, 0.6) is 11.5 Å². The van der Waals surface area contributed by atoms with Crippen molar-refractivity contribution in [3.05, 3.63) is 108 Å². The first-order chi connectivity index (χ1) is 16.6. The number of ether oxygens (including phenoxy) is 2. The van der Waals surface area contributed by atoms with Crippen LogP contribution in [0, 0.1) is 5.82 Å². The van der Waals surface area contributed by atoms with E-state index in [1.165, 1.54) is 41.4 Å². The van der Waals surface area contributed by atoms with Crippen molar-refractivity contribution in [1.82, 2.24) is 20.4 Å². The van der Waals surface area contributed by atoms with Crippen LogP contribution in [0.15, 0.2) is 91.4 Å². The van der Waals surface area contributed by atoms with Crippen LogP contribution in [-0.4, -0.2) is 28.0 Å². The maximum atomic E-state index is 13.1. The van der Waals surface area contributed by atoms with Gasteiger partial charge < -0.3 is 9.47 Å². The minimum Gasteiger partial charge on any atom is -0.489 e. The molecule has 1 aromatic heterocycles. The number of rotatable bonds is 8. The van der Waals surface area contributed by atoms with E-state index < -0.39 is 17.6 Å². The third-order valence-corrected chi connectivity index (χ3v) is 4.73. The van der Waals surface area contributed by atoms with Crippen molar-refractivity contribution in [2.75, 3.05) is 6.61 Å². The first kappa shape index (κ1) is 22.5. The first-order valence-electron chi connectivity index (χ1n) is 10.4. The van der Waals surface area contributed by atoms with Crippen LogP contribution in [0.1, 0.15) is 16.1 Å². The molecule has 0 spiro atoms. The largest absolute Gasteiger partial charge is 0.489 e. The predicted molar refractivity (Wildman–Crippen MR) is 122 cm³/mol. The number of nitrogens with zero attached hydrogens (tertiary/aromatic N) is 2. The van der Waals surface area contributed by atoms with E-state index in [2.05, 4.69) is 15.8 Å². The molecule has 0 aliphatic heterocycles.